The molecule has 26 heavy (non-hydrogen) atoms. The molecule has 2 aromatic carbocycles. The van der Waals surface area contributed by atoms with Crippen molar-refractivity contribution in [2.45, 2.75) is 0 Å². The zero-order valence-electron chi connectivity index (χ0n) is 15.0. The zero-order valence-corrected chi connectivity index (χ0v) is 15.0. The monoisotopic (exact) mass is 350 g/mol. The number of allylic oxidation sites excluding steroid dienone is 1. The molecule has 0 unspecified atom stereocenters. The summed E-state index contributed by atoms with van der Waals surface area (Å²) in [4.78, 5) is 26.4. The van der Waals surface area contributed by atoms with Crippen molar-refractivity contribution < 1.29 is 19.1 Å². The molecule has 0 spiro atoms. The number of Topliss-reactive ketones (excluding diaryl/α,β-unsaturated/α-hetero) is 2. The third-order valence-electron chi connectivity index (χ3n) is 4.75. The summed E-state index contributed by atoms with van der Waals surface area (Å²) >= 11 is 0. The van der Waals surface area contributed by atoms with E-state index in [1.165, 1.54) is 0 Å². The number of rotatable bonds is 7. The second kappa shape index (κ2) is 8.21. The number of carbonyl (C=O) groups excluding carboxylic acids is 2. The van der Waals surface area contributed by atoms with Gasteiger partial charge in [0.05, 0.1) is 19.1 Å². The van der Waals surface area contributed by atoms with Gasteiger partial charge in [-0.25, -0.2) is 0 Å². The van der Waals surface area contributed by atoms with E-state index in [9.17, 15) is 9.59 Å². The number of methoxy groups -OCH3 is 2. The van der Waals surface area contributed by atoms with E-state index in [1.54, 1.807) is 38.5 Å². The van der Waals surface area contributed by atoms with E-state index in [1.807, 2.05) is 36.4 Å². The molecule has 4 heteroatoms. The van der Waals surface area contributed by atoms with Gasteiger partial charge in [0.25, 0.3) is 0 Å². The highest BCUT2D eigenvalue weighted by atomic mass is 16.5. The van der Waals surface area contributed by atoms with Crippen molar-refractivity contribution in [2.24, 2.45) is 11.8 Å². The van der Waals surface area contributed by atoms with E-state index in [-0.39, 0.29) is 17.5 Å². The van der Waals surface area contributed by atoms with Crippen molar-refractivity contribution in [3.63, 3.8) is 0 Å². The molecule has 0 heterocycles. The normalized spacial score (nSPS) is 19.8. The molecule has 3 rings (SSSR count). The fourth-order valence-electron chi connectivity index (χ4n) is 3.61. The standard InChI is InChI=1S/C22H22O4/c1-25-13-17-18(14-26-2)20(21(23)16-11-7-4-8-12-16)22(24)19(17)15-9-5-3-6-10-15/h3-12,18,20H,13-14H2,1-2H3/t18-,20-/m0/s1. The Morgan fingerprint density at radius 3 is 2.12 bits per heavy atom. The molecule has 4 nitrogen and oxygen atoms in total. The van der Waals surface area contributed by atoms with Gasteiger partial charge in [0.1, 0.15) is 0 Å². The lowest BCUT2D eigenvalue weighted by Crippen LogP contribution is -2.30. The van der Waals surface area contributed by atoms with Crippen LogP contribution in [0.5, 0.6) is 0 Å². The Kier molecular flexibility index (Phi) is 5.76. The Hall–Kier alpha value is -2.56. The Bertz CT molecular complexity index is 809. The van der Waals surface area contributed by atoms with Gasteiger partial charge >= 0.3 is 0 Å². The van der Waals surface area contributed by atoms with Gasteiger partial charge in [-0.2, -0.15) is 0 Å². The van der Waals surface area contributed by atoms with E-state index in [0.29, 0.717) is 24.4 Å². The Morgan fingerprint density at radius 1 is 0.923 bits per heavy atom. The molecule has 0 saturated heterocycles. The topological polar surface area (TPSA) is 52.6 Å². The van der Waals surface area contributed by atoms with E-state index < -0.39 is 5.92 Å². The fourth-order valence-corrected chi connectivity index (χ4v) is 3.61. The van der Waals surface area contributed by atoms with Crippen LogP contribution >= 0.6 is 0 Å². The smallest absolute Gasteiger partial charge is 0.175 e. The molecule has 0 saturated carbocycles. The summed E-state index contributed by atoms with van der Waals surface area (Å²) in [5.74, 6) is -1.43. The lowest BCUT2D eigenvalue weighted by atomic mass is 9.85. The van der Waals surface area contributed by atoms with Crippen LogP contribution in [0.15, 0.2) is 66.2 Å². The van der Waals surface area contributed by atoms with Gasteiger partial charge in [-0.05, 0) is 11.1 Å². The van der Waals surface area contributed by atoms with Gasteiger partial charge < -0.3 is 9.47 Å². The SMILES string of the molecule is COCC1=C(c2ccccc2)C(=O)[C@H](C(=O)c2ccccc2)[C@H]1COC. The number of ketones is 2. The van der Waals surface area contributed by atoms with Crippen LogP contribution in [0.2, 0.25) is 0 Å². The lowest BCUT2D eigenvalue weighted by Gasteiger charge is -2.20. The number of hydrogen-bond donors (Lipinski definition) is 0. The summed E-state index contributed by atoms with van der Waals surface area (Å²) in [6.45, 7) is 0.590. The Morgan fingerprint density at radius 2 is 1.54 bits per heavy atom. The molecule has 134 valence electrons. The van der Waals surface area contributed by atoms with Crippen LogP contribution in [0, 0.1) is 11.8 Å². The van der Waals surface area contributed by atoms with Gasteiger partial charge in [-0.1, -0.05) is 60.7 Å². The van der Waals surface area contributed by atoms with Crippen molar-refractivity contribution in [1.82, 2.24) is 0 Å². The molecule has 1 aliphatic rings. The van der Waals surface area contributed by atoms with Crippen molar-refractivity contribution >= 4 is 17.1 Å². The fraction of sp³-hybridized carbons (Fsp3) is 0.273. The largest absolute Gasteiger partial charge is 0.384 e. The molecule has 0 radical (unpaired) electrons. The molecule has 2 aromatic rings. The van der Waals surface area contributed by atoms with Crippen molar-refractivity contribution in [2.75, 3.05) is 27.4 Å². The lowest BCUT2D eigenvalue weighted by molar-refractivity contribution is -0.116. The predicted octanol–water partition coefficient (Wildman–Crippen LogP) is 3.43. The van der Waals surface area contributed by atoms with Crippen LogP contribution in [-0.4, -0.2) is 39.0 Å². The van der Waals surface area contributed by atoms with Crippen LogP contribution in [0.3, 0.4) is 0 Å². The summed E-state index contributed by atoms with van der Waals surface area (Å²) in [6, 6.07) is 18.4. The zero-order chi connectivity index (χ0) is 18.5. The highest BCUT2D eigenvalue weighted by Gasteiger charge is 2.46. The second-order valence-electron chi connectivity index (χ2n) is 6.33. The summed E-state index contributed by atoms with van der Waals surface area (Å²) in [7, 11) is 3.18. The quantitative estimate of drug-likeness (QED) is 0.567. The first-order valence-electron chi connectivity index (χ1n) is 8.58. The van der Waals surface area contributed by atoms with Crippen LogP contribution < -0.4 is 0 Å². The minimum atomic E-state index is -0.780. The minimum absolute atomic E-state index is 0.154. The molecule has 0 amide bonds. The Balaban J connectivity index is 2.07. The van der Waals surface area contributed by atoms with Gasteiger partial charge in [0.2, 0.25) is 0 Å². The second-order valence-corrected chi connectivity index (χ2v) is 6.33. The van der Waals surface area contributed by atoms with Crippen molar-refractivity contribution in [3.05, 3.63) is 77.4 Å². The van der Waals surface area contributed by atoms with E-state index >= 15 is 0 Å². The number of benzene rings is 2. The maximum Gasteiger partial charge on any atom is 0.175 e. The summed E-state index contributed by atoms with van der Waals surface area (Å²) in [5, 5.41) is 0. The van der Waals surface area contributed by atoms with Gasteiger partial charge in [0.15, 0.2) is 11.6 Å². The number of carbonyl (C=O) groups is 2. The van der Waals surface area contributed by atoms with Crippen LogP contribution in [-0.2, 0) is 14.3 Å². The van der Waals surface area contributed by atoms with Crippen LogP contribution in [0.1, 0.15) is 15.9 Å². The maximum atomic E-state index is 13.3. The van der Waals surface area contributed by atoms with Crippen LogP contribution in [0.4, 0.5) is 0 Å². The molecule has 1 aliphatic carbocycles. The first-order valence-corrected chi connectivity index (χ1v) is 8.58. The maximum absolute atomic E-state index is 13.3. The highest BCUT2D eigenvalue weighted by molar-refractivity contribution is 6.32. The van der Waals surface area contributed by atoms with E-state index in [2.05, 4.69) is 0 Å². The third-order valence-corrected chi connectivity index (χ3v) is 4.75. The average Bonchev–Trinajstić information content (AvgIpc) is 2.94. The number of ether oxygens (including phenoxy) is 2. The van der Waals surface area contributed by atoms with Crippen LogP contribution in [0.25, 0.3) is 5.57 Å². The van der Waals surface area contributed by atoms with Crippen molar-refractivity contribution in [1.29, 1.82) is 0 Å². The first kappa shape index (κ1) is 18.2. The molecule has 0 bridgehead atoms. The number of hydrogen-bond acceptors (Lipinski definition) is 4. The average molecular weight is 350 g/mol. The van der Waals surface area contributed by atoms with E-state index in [4.69, 9.17) is 9.47 Å². The van der Waals surface area contributed by atoms with Gasteiger partial charge in [-0.15, -0.1) is 0 Å². The molecule has 2 atom stereocenters. The first-order chi connectivity index (χ1) is 12.7. The Labute approximate surface area is 153 Å². The van der Waals surface area contributed by atoms with Gasteiger partial charge in [0, 0.05) is 31.3 Å². The molecule has 0 aliphatic heterocycles. The molecule has 0 N–H and O–H groups in total. The van der Waals surface area contributed by atoms with Crippen molar-refractivity contribution in [3.8, 4) is 0 Å². The minimum Gasteiger partial charge on any atom is -0.384 e. The molecule has 0 aromatic heterocycles. The molecular weight excluding hydrogens is 328 g/mol. The van der Waals surface area contributed by atoms with E-state index in [0.717, 1.165) is 11.1 Å². The third kappa shape index (κ3) is 3.39. The molecular formula is C22H22O4. The highest BCUT2D eigenvalue weighted by Crippen LogP contribution is 2.41. The predicted molar refractivity (Wildman–Crippen MR) is 99.9 cm³/mol. The molecule has 0 fully saturated rings. The summed E-state index contributed by atoms with van der Waals surface area (Å²) < 4.78 is 10.7. The summed E-state index contributed by atoms with van der Waals surface area (Å²) in [6.07, 6.45) is 0. The summed E-state index contributed by atoms with van der Waals surface area (Å²) in [5.41, 5.74) is 2.77. The van der Waals surface area contributed by atoms with Gasteiger partial charge in [-0.3, -0.25) is 9.59 Å².